The van der Waals surface area contributed by atoms with Gasteiger partial charge >= 0.3 is 5.97 Å². The van der Waals surface area contributed by atoms with Crippen molar-refractivity contribution in [3.05, 3.63) is 71.3 Å². The number of aryl methyl sites for hydroxylation is 2. The van der Waals surface area contributed by atoms with E-state index in [-0.39, 0.29) is 43.6 Å². The number of nitrogens with two attached hydrogens (primary N) is 2. The van der Waals surface area contributed by atoms with Crippen LogP contribution in [0.2, 0.25) is 0 Å². The molecule has 2 rings (SSSR count). The summed E-state index contributed by atoms with van der Waals surface area (Å²) in [5, 5.41) is 2.70. The van der Waals surface area contributed by atoms with Gasteiger partial charge < -0.3 is 21.6 Å². The third-order valence-electron chi connectivity index (χ3n) is 5.85. The number of hydrogen-bond donors (Lipinski definition) is 4. The number of benzene rings is 2. The van der Waals surface area contributed by atoms with Crippen molar-refractivity contribution in [3.8, 4) is 0 Å². The zero-order chi connectivity index (χ0) is 26.0. The van der Waals surface area contributed by atoms with Crippen LogP contribution >= 0.6 is 24.8 Å². The lowest BCUT2D eigenvalue weighted by molar-refractivity contribution is -0.158. The standard InChI is InChI=1S/C28H40N4O4.2ClH/c29-19-7-6-13-25(30)28(35)31-20-8-14-27(34)36-32-26(33)21-24-17-15-23(16-18-24)12-5-4-11-22-9-2-1-3-10-22;;/h1-3,9-10,15-18,25H,4-8,11-14,19-21,29-30H2,(H,31,35)(H,32,33);2*1H/t25-;;/m0../s1. The molecule has 8 nitrogen and oxygen atoms in total. The quantitative estimate of drug-likeness (QED) is 0.180. The first-order chi connectivity index (χ1) is 17.5. The van der Waals surface area contributed by atoms with E-state index in [9.17, 15) is 14.4 Å². The van der Waals surface area contributed by atoms with Gasteiger partial charge in [-0.2, -0.15) is 5.48 Å². The Hall–Kier alpha value is -2.65. The van der Waals surface area contributed by atoms with Gasteiger partial charge in [-0.1, -0.05) is 61.0 Å². The highest BCUT2D eigenvalue weighted by Gasteiger charge is 2.13. The average molecular weight is 570 g/mol. The van der Waals surface area contributed by atoms with Crippen LogP contribution in [-0.2, 0) is 38.5 Å². The maximum atomic E-state index is 12.1. The zero-order valence-electron chi connectivity index (χ0n) is 21.9. The maximum absolute atomic E-state index is 12.1. The van der Waals surface area contributed by atoms with Gasteiger partial charge in [0.25, 0.3) is 5.91 Å². The van der Waals surface area contributed by atoms with Crippen LogP contribution in [0.15, 0.2) is 54.6 Å². The Morgan fingerprint density at radius 2 is 1.39 bits per heavy atom. The summed E-state index contributed by atoms with van der Waals surface area (Å²) in [4.78, 5) is 40.6. The lowest BCUT2D eigenvalue weighted by Gasteiger charge is -2.11. The number of carbonyl (C=O) groups excluding carboxylic acids is 3. The number of amides is 2. The van der Waals surface area contributed by atoms with E-state index < -0.39 is 17.9 Å². The van der Waals surface area contributed by atoms with Gasteiger partial charge in [0.2, 0.25) is 5.91 Å². The van der Waals surface area contributed by atoms with E-state index in [1.54, 1.807) is 0 Å². The second-order valence-corrected chi connectivity index (χ2v) is 8.97. The highest BCUT2D eigenvalue weighted by atomic mass is 35.5. The highest BCUT2D eigenvalue weighted by Crippen LogP contribution is 2.11. The lowest BCUT2D eigenvalue weighted by atomic mass is 10.0. The zero-order valence-corrected chi connectivity index (χ0v) is 23.5. The van der Waals surface area contributed by atoms with E-state index in [0.717, 1.165) is 44.1 Å². The Balaban J connectivity index is 0.00000684. The largest absolute Gasteiger partial charge is 0.355 e. The molecule has 0 aliphatic carbocycles. The van der Waals surface area contributed by atoms with Crippen LogP contribution in [0.4, 0.5) is 0 Å². The van der Waals surface area contributed by atoms with E-state index >= 15 is 0 Å². The molecule has 10 heteroatoms. The molecule has 0 aromatic heterocycles. The second kappa shape index (κ2) is 21.3. The Bertz CT molecular complexity index is 930. The monoisotopic (exact) mass is 568 g/mol. The minimum Gasteiger partial charge on any atom is -0.355 e. The fraction of sp³-hybridized carbons (Fsp3) is 0.464. The van der Waals surface area contributed by atoms with Crippen LogP contribution in [0, 0.1) is 0 Å². The predicted molar refractivity (Wildman–Crippen MR) is 155 cm³/mol. The fourth-order valence-corrected chi connectivity index (χ4v) is 3.73. The van der Waals surface area contributed by atoms with E-state index in [1.807, 2.05) is 30.3 Å². The van der Waals surface area contributed by atoms with E-state index in [0.29, 0.717) is 25.9 Å². The molecule has 212 valence electrons. The normalized spacial score (nSPS) is 10.9. The third kappa shape index (κ3) is 15.6. The molecule has 6 N–H and O–H groups in total. The SMILES string of the molecule is Cl.Cl.NCCCC[C@H](N)C(=O)NCCCC(=O)ONC(=O)Cc1ccc(CCCCc2ccccc2)cc1. The van der Waals surface area contributed by atoms with Crippen LogP contribution in [0.25, 0.3) is 0 Å². The van der Waals surface area contributed by atoms with Crippen LogP contribution < -0.4 is 22.3 Å². The Morgan fingerprint density at radius 3 is 2.03 bits per heavy atom. The molecule has 0 saturated heterocycles. The molecule has 0 aliphatic rings. The smallest absolute Gasteiger partial charge is 0.332 e. The first-order valence-electron chi connectivity index (χ1n) is 12.8. The summed E-state index contributed by atoms with van der Waals surface area (Å²) >= 11 is 0. The van der Waals surface area contributed by atoms with Gasteiger partial charge in [0.1, 0.15) is 0 Å². The van der Waals surface area contributed by atoms with Gasteiger partial charge in [-0.15, -0.1) is 24.8 Å². The molecule has 0 unspecified atom stereocenters. The molecule has 0 heterocycles. The van der Waals surface area contributed by atoms with E-state index in [1.165, 1.54) is 11.1 Å². The fourth-order valence-electron chi connectivity index (χ4n) is 3.73. The summed E-state index contributed by atoms with van der Waals surface area (Å²) in [6.45, 7) is 0.889. The van der Waals surface area contributed by atoms with Crippen molar-refractivity contribution in [2.45, 2.75) is 70.3 Å². The van der Waals surface area contributed by atoms with Gasteiger partial charge in [-0.25, -0.2) is 4.79 Å². The van der Waals surface area contributed by atoms with Crippen molar-refractivity contribution in [1.82, 2.24) is 10.8 Å². The molecular formula is C28H42Cl2N4O4. The molecule has 0 fully saturated rings. The maximum Gasteiger partial charge on any atom is 0.332 e. The second-order valence-electron chi connectivity index (χ2n) is 8.97. The van der Waals surface area contributed by atoms with Gasteiger partial charge in [0, 0.05) is 13.0 Å². The summed E-state index contributed by atoms with van der Waals surface area (Å²) in [6, 6.07) is 17.8. The summed E-state index contributed by atoms with van der Waals surface area (Å²) < 4.78 is 0. The number of nitrogens with one attached hydrogen (secondary N) is 2. The van der Waals surface area contributed by atoms with Crippen molar-refractivity contribution >= 4 is 42.6 Å². The highest BCUT2D eigenvalue weighted by molar-refractivity contribution is 5.85. The third-order valence-corrected chi connectivity index (χ3v) is 5.85. The Morgan fingerprint density at radius 1 is 0.789 bits per heavy atom. The molecule has 0 spiro atoms. The van der Waals surface area contributed by atoms with Crippen LogP contribution in [0.3, 0.4) is 0 Å². The van der Waals surface area contributed by atoms with E-state index in [4.69, 9.17) is 16.3 Å². The number of rotatable bonds is 16. The Labute approximate surface area is 238 Å². The van der Waals surface area contributed by atoms with Gasteiger partial charge in [-0.3, -0.25) is 9.59 Å². The molecular weight excluding hydrogens is 527 g/mol. The summed E-state index contributed by atoms with van der Waals surface area (Å²) in [6.07, 6.45) is 7.12. The van der Waals surface area contributed by atoms with Crippen molar-refractivity contribution in [2.24, 2.45) is 11.5 Å². The topological polar surface area (TPSA) is 137 Å². The molecule has 1 atom stereocenters. The number of hydroxylamine groups is 1. The number of hydrogen-bond acceptors (Lipinski definition) is 6. The summed E-state index contributed by atoms with van der Waals surface area (Å²) in [5.41, 5.74) is 16.9. The number of unbranched alkanes of at least 4 members (excludes halogenated alkanes) is 2. The number of halogens is 2. The summed E-state index contributed by atoms with van der Waals surface area (Å²) in [7, 11) is 0. The van der Waals surface area contributed by atoms with Gasteiger partial charge in [0.15, 0.2) is 0 Å². The van der Waals surface area contributed by atoms with Crippen molar-refractivity contribution in [3.63, 3.8) is 0 Å². The lowest BCUT2D eigenvalue weighted by Crippen LogP contribution is -2.41. The van der Waals surface area contributed by atoms with Crippen molar-refractivity contribution < 1.29 is 19.2 Å². The molecule has 2 aromatic carbocycles. The molecule has 0 bridgehead atoms. The average Bonchev–Trinajstić information content (AvgIpc) is 2.89. The molecule has 2 aromatic rings. The predicted octanol–water partition coefficient (Wildman–Crippen LogP) is 3.57. The van der Waals surface area contributed by atoms with E-state index in [2.05, 4.69) is 35.1 Å². The number of carbonyl (C=O) groups is 3. The minimum absolute atomic E-state index is 0. The van der Waals surface area contributed by atoms with Crippen LogP contribution in [-0.4, -0.2) is 36.9 Å². The Kier molecular flexibility index (Phi) is 19.8. The molecule has 0 aliphatic heterocycles. The van der Waals surface area contributed by atoms with Crippen LogP contribution in [0.5, 0.6) is 0 Å². The molecule has 0 radical (unpaired) electrons. The minimum atomic E-state index is -0.573. The van der Waals surface area contributed by atoms with Crippen molar-refractivity contribution in [1.29, 1.82) is 0 Å². The molecule has 0 saturated carbocycles. The van der Waals surface area contributed by atoms with Crippen molar-refractivity contribution in [2.75, 3.05) is 13.1 Å². The first-order valence-corrected chi connectivity index (χ1v) is 12.8. The van der Waals surface area contributed by atoms with Gasteiger partial charge in [0.05, 0.1) is 12.5 Å². The first kappa shape index (κ1) is 35.4. The summed E-state index contributed by atoms with van der Waals surface area (Å²) in [5.74, 6) is -1.20. The van der Waals surface area contributed by atoms with Gasteiger partial charge in [-0.05, 0) is 68.2 Å². The molecule has 2 amide bonds. The van der Waals surface area contributed by atoms with Crippen LogP contribution in [0.1, 0.15) is 61.6 Å². The molecule has 38 heavy (non-hydrogen) atoms.